The third kappa shape index (κ3) is 2.63. The summed E-state index contributed by atoms with van der Waals surface area (Å²) >= 11 is 0. The second kappa shape index (κ2) is 6.35. The number of allylic oxidation sites excluding steroid dienone is 2. The van der Waals surface area contributed by atoms with Crippen molar-refractivity contribution in [3.63, 3.8) is 0 Å². The number of hydrogen-bond donors (Lipinski definition) is 1. The van der Waals surface area contributed by atoms with Crippen LogP contribution in [0.5, 0.6) is 11.5 Å². The van der Waals surface area contributed by atoms with Gasteiger partial charge in [-0.15, -0.1) is 0 Å². The van der Waals surface area contributed by atoms with Crippen molar-refractivity contribution >= 4 is 10.8 Å². The molecule has 0 bridgehead atoms. The lowest BCUT2D eigenvalue weighted by atomic mass is 9.93. The van der Waals surface area contributed by atoms with Crippen LogP contribution in [0.4, 0.5) is 0 Å². The summed E-state index contributed by atoms with van der Waals surface area (Å²) < 4.78 is 6.30. The van der Waals surface area contributed by atoms with E-state index in [1.165, 1.54) is 16.3 Å². The molecule has 3 aromatic carbocycles. The lowest BCUT2D eigenvalue weighted by Gasteiger charge is -2.22. The van der Waals surface area contributed by atoms with Crippen LogP contribution < -0.4 is 10.1 Å². The molecule has 1 aromatic heterocycles. The molecule has 0 spiro atoms. The van der Waals surface area contributed by atoms with E-state index in [-0.39, 0.29) is 6.04 Å². The number of ether oxygens (including phenoxy) is 1. The van der Waals surface area contributed by atoms with Crippen LogP contribution in [0.2, 0.25) is 0 Å². The quantitative estimate of drug-likeness (QED) is 0.389. The van der Waals surface area contributed by atoms with Crippen molar-refractivity contribution in [1.29, 1.82) is 0 Å². The molecule has 2 aliphatic heterocycles. The highest BCUT2D eigenvalue weighted by Crippen LogP contribution is 2.47. The third-order valence-corrected chi connectivity index (χ3v) is 5.53. The minimum Gasteiger partial charge on any atom is -0.456 e. The van der Waals surface area contributed by atoms with Crippen molar-refractivity contribution in [1.82, 2.24) is 10.3 Å². The average molecular weight is 374 g/mol. The first-order valence-corrected chi connectivity index (χ1v) is 9.77. The fraction of sp³-hybridized carbons (Fsp3) is 0.0385. The Morgan fingerprint density at radius 2 is 1.69 bits per heavy atom. The lowest BCUT2D eigenvalue weighted by Crippen LogP contribution is -2.16. The van der Waals surface area contributed by atoms with E-state index in [0.29, 0.717) is 0 Å². The van der Waals surface area contributed by atoms with Gasteiger partial charge in [0.15, 0.2) is 0 Å². The van der Waals surface area contributed by atoms with Gasteiger partial charge >= 0.3 is 0 Å². The third-order valence-electron chi connectivity index (χ3n) is 5.53. The summed E-state index contributed by atoms with van der Waals surface area (Å²) in [5.74, 6) is 1.78. The number of benzene rings is 3. The van der Waals surface area contributed by atoms with Crippen LogP contribution in [-0.2, 0) is 0 Å². The molecule has 3 heterocycles. The van der Waals surface area contributed by atoms with Crippen molar-refractivity contribution < 1.29 is 4.74 Å². The van der Waals surface area contributed by atoms with Crippen LogP contribution in [0.1, 0.15) is 11.7 Å². The maximum Gasteiger partial charge on any atom is 0.135 e. The highest BCUT2D eigenvalue weighted by molar-refractivity contribution is 6.04. The average Bonchev–Trinajstić information content (AvgIpc) is 2.80. The number of rotatable bonds is 2. The van der Waals surface area contributed by atoms with Crippen LogP contribution in [0, 0.1) is 0 Å². The Hall–Kier alpha value is -3.85. The molecule has 0 radical (unpaired) electrons. The van der Waals surface area contributed by atoms with Gasteiger partial charge < -0.3 is 10.1 Å². The van der Waals surface area contributed by atoms with Gasteiger partial charge in [-0.1, -0.05) is 54.6 Å². The Morgan fingerprint density at radius 3 is 2.59 bits per heavy atom. The Labute approximate surface area is 169 Å². The lowest BCUT2D eigenvalue weighted by molar-refractivity contribution is 0.487. The van der Waals surface area contributed by atoms with Gasteiger partial charge in [0.1, 0.15) is 11.5 Å². The minimum atomic E-state index is 0.0957. The summed E-state index contributed by atoms with van der Waals surface area (Å²) in [5, 5.41) is 5.71. The number of dihydropyridines is 1. The smallest absolute Gasteiger partial charge is 0.135 e. The number of pyridine rings is 1. The topological polar surface area (TPSA) is 34.1 Å². The molecule has 1 atom stereocenters. The van der Waals surface area contributed by atoms with E-state index in [0.717, 1.165) is 34.0 Å². The van der Waals surface area contributed by atoms with Gasteiger partial charge in [-0.05, 0) is 53.6 Å². The Kier molecular flexibility index (Phi) is 3.53. The Balaban J connectivity index is 1.44. The molecule has 0 saturated carbocycles. The van der Waals surface area contributed by atoms with E-state index in [1.54, 1.807) is 0 Å². The molecule has 0 fully saturated rings. The van der Waals surface area contributed by atoms with Gasteiger partial charge in [-0.25, -0.2) is 0 Å². The molecule has 0 aliphatic carbocycles. The first kappa shape index (κ1) is 16.1. The number of hydrogen-bond acceptors (Lipinski definition) is 3. The van der Waals surface area contributed by atoms with Crippen molar-refractivity contribution in [2.24, 2.45) is 0 Å². The first-order chi connectivity index (χ1) is 14.4. The number of aromatic nitrogens is 1. The predicted octanol–water partition coefficient (Wildman–Crippen LogP) is 6.39. The highest BCUT2D eigenvalue weighted by atomic mass is 16.5. The molecule has 3 heteroatoms. The zero-order valence-electron chi connectivity index (χ0n) is 15.7. The normalized spacial score (nSPS) is 16.2. The molecular weight excluding hydrogens is 356 g/mol. The largest absolute Gasteiger partial charge is 0.456 e. The SMILES string of the molecule is C1=CNC(c2cccc(-c3ccc4c(c3)Oc3cccc5cccc-4c35)n2)C=C1. The predicted molar refractivity (Wildman–Crippen MR) is 117 cm³/mol. The molecule has 6 rings (SSSR count). The fourth-order valence-electron chi connectivity index (χ4n) is 4.14. The van der Waals surface area contributed by atoms with Crippen molar-refractivity contribution in [2.75, 3.05) is 0 Å². The summed E-state index contributed by atoms with van der Waals surface area (Å²) in [6.07, 6.45) is 8.09. The minimum absolute atomic E-state index is 0.0957. The van der Waals surface area contributed by atoms with Gasteiger partial charge in [0.25, 0.3) is 0 Å². The summed E-state index contributed by atoms with van der Waals surface area (Å²) in [7, 11) is 0. The molecule has 4 aromatic rings. The second-order valence-electron chi connectivity index (χ2n) is 7.31. The number of nitrogens with zero attached hydrogens (tertiary/aromatic N) is 1. The van der Waals surface area contributed by atoms with Crippen LogP contribution >= 0.6 is 0 Å². The second-order valence-corrected chi connectivity index (χ2v) is 7.31. The molecule has 1 unspecified atom stereocenters. The van der Waals surface area contributed by atoms with Crippen LogP contribution in [0.3, 0.4) is 0 Å². The molecule has 0 amide bonds. The first-order valence-electron chi connectivity index (χ1n) is 9.77. The number of nitrogens with one attached hydrogen (secondary N) is 1. The Bertz CT molecular complexity index is 1310. The fourth-order valence-corrected chi connectivity index (χ4v) is 4.14. The number of fused-ring (bicyclic) bond motifs is 2. The van der Waals surface area contributed by atoms with E-state index < -0.39 is 0 Å². The van der Waals surface area contributed by atoms with Gasteiger partial charge in [-0.3, -0.25) is 4.98 Å². The standard InChI is InChI=1S/C26H18N2O/c1-2-15-27-22(9-1)23-11-5-10-21(28-23)18-13-14-19-20-8-3-6-17-7-4-12-24(26(17)20)29-25(19)16-18/h1-16,22,27H. The molecule has 3 nitrogen and oxygen atoms in total. The molecule has 1 N–H and O–H groups in total. The molecule has 2 aliphatic rings. The van der Waals surface area contributed by atoms with Gasteiger partial charge in [0.2, 0.25) is 0 Å². The van der Waals surface area contributed by atoms with Crippen molar-refractivity contribution in [3.8, 4) is 33.9 Å². The summed E-state index contributed by atoms with van der Waals surface area (Å²) in [6, 6.07) is 25.2. The van der Waals surface area contributed by atoms with Gasteiger partial charge in [-0.2, -0.15) is 0 Å². The summed E-state index contributed by atoms with van der Waals surface area (Å²) in [4.78, 5) is 4.90. The van der Waals surface area contributed by atoms with Crippen LogP contribution in [0.25, 0.3) is 33.2 Å². The molecular formula is C26H18N2O. The van der Waals surface area contributed by atoms with Gasteiger partial charge in [0.05, 0.1) is 17.4 Å². The molecule has 0 saturated heterocycles. The molecule has 29 heavy (non-hydrogen) atoms. The van der Waals surface area contributed by atoms with E-state index in [4.69, 9.17) is 9.72 Å². The summed E-state index contributed by atoms with van der Waals surface area (Å²) in [6.45, 7) is 0. The Morgan fingerprint density at radius 1 is 0.793 bits per heavy atom. The van der Waals surface area contributed by atoms with E-state index >= 15 is 0 Å². The monoisotopic (exact) mass is 374 g/mol. The van der Waals surface area contributed by atoms with E-state index in [1.807, 2.05) is 36.6 Å². The zero-order valence-corrected chi connectivity index (χ0v) is 15.7. The van der Waals surface area contributed by atoms with Gasteiger partial charge in [0, 0.05) is 16.5 Å². The van der Waals surface area contributed by atoms with Crippen molar-refractivity contribution in [2.45, 2.75) is 6.04 Å². The van der Waals surface area contributed by atoms with E-state index in [2.05, 4.69) is 66.0 Å². The maximum atomic E-state index is 6.30. The maximum absolute atomic E-state index is 6.30. The van der Waals surface area contributed by atoms with E-state index in [9.17, 15) is 0 Å². The highest BCUT2D eigenvalue weighted by Gasteiger charge is 2.20. The van der Waals surface area contributed by atoms with Crippen LogP contribution in [0.15, 0.2) is 97.2 Å². The molecule has 138 valence electrons. The summed E-state index contributed by atoms with van der Waals surface area (Å²) in [5.41, 5.74) is 5.33. The zero-order chi connectivity index (χ0) is 19.2. The van der Waals surface area contributed by atoms with Crippen LogP contribution in [-0.4, -0.2) is 4.98 Å². The van der Waals surface area contributed by atoms with Crippen molar-refractivity contribution in [3.05, 3.63) is 103 Å².